The number of hydrogen-bond acceptors (Lipinski definition) is 4. The molecule has 7 heteroatoms. The third kappa shape index (κ3) is 5670. The third-order valence-electron chi connectivity index (χ3n) is 0. The van der Waals surface area contributed by atoms with Crippen molar-refractivity contribution in [1.29, 1.82) is 5.26 Å². The van der Waals surface area contributed by atoms with Crippen molar-refractivity contribution in [3.63, 3.8) is 0 Å². The van der Waals surface area contributed by atoms with E-state index < -0.39 is 5.09 Å². The summed E-state index contributed by atoms with van der Waals surface area (Å²) in [5, 5.41) is 21.0. The fourth-order valence-corrected chi connectivity index (χ4v) is 0. The van der Waals surface area contributed by atoms with Gasteiger partial charge < -0.3 is 27.2 Å². The minimum Gasteiger partial charge on any atom is -0.512 e. The van der Waals surface area contributed by atoms with E-state index in [0.717, 1.165) is 0 Å². The fraction of sp³-hybridized carbons (Fsp3) is 0. The standard InChI is InChI=1S/CN.2Ag.NO3/c1-2;;;2-1(3)4/q-1;2*+1;-1. The Morgan fingerprint density at radius 3 is 1.25 bits per heavy atom. The van der Waals surface area contributed by atoms with Crippen LogP contribution in [0.1, 0.15) is 0 Å². The molecule has 0 aliphatic heterocycles. The van der Waals surface area contributed by atoms with E-state index in [2.05, 4.69) is 0 Å². The summed E-state index contributed by atoms with van der Waals surface area (Å²) in [7, 11) is 0. The van der Waals surface area contributed by atoms with Crippen molar-refractivity contribution in [3.05, 3.63) is 21.9 Å². The second-order valence-corrected chi connectivity index (χ2v) is 0.224. The van der Waals surface area contributed by atoms with Crippen LogP contribution in [0.3, 0.4) is 0 Å². The number of hydrogen-bond donors (Lipinski definition) is 0. The molecular formula is CAg2N2O3. The molecule has 0 spiro atoms. The van der Waals surface area contributed by atoms with Gasteiger partial charge >= 0.3 is 44.8 Å². The van der Waals surface area contributed by atoms with Crippen molar-refractivity contribution in [2.24, 2.45) is 0 Å². The summed E-state index contributed by atoms with van der Waals surface area (Å²) in [6.07, 6.45) is 0. The van der Waals surface area contributed by atoms with Crippen molar-refractivity contribution in [3.8, 4) is 0 Å². The van der Waals surface area contributed by atoms with Gasteiger partial charge in [0, 0.05) is 0 Å². The average Bonchev–Trinajstić information content (AvgIpc) is 1.41. The van der Waals surface area contributed by atoms with Gasteiger partial charge in [-0.15, -0.1) is 0 Å². The Morgan fingerprint density at radius 1 is 1.25 bits per heavy atom. The molecule has 0 aliphatic carbocycles. The normalized spacial score (nSPS) is 3.25. The van der Waals surface area contributed by atoms with Crippen LogP contribution in [0.2, 0.25) is 0 Å². The van der Waals surface area contributed by atoms with E-state index in [1.54, 1.807) is 0 Å². The topological polar surface area (TPSA) is 90.0 Å². The Hall–Kier alpha value is 0.171. The maximum Gasteiger partial charge on any atom is 1.00 e. The van der Waals surface area contributed by atoms with E-state index in [1.807, 2.05) is 0 Å². The molecule has 54 valence electrons. The van der Waals surface area contributed by atoms with E-state index in [-0.39, 0.29) is 44.8 Å². The summed E-state index contributed by atoms with van der Waals surface area (Å²) in [6, 6.07) is 0. The van der Waals surface area contributed by atoms with Crippen molar-refractivity contribution in [2.45, 2.75) is 0 Å². The molecule has 0 aromatic carbocycles. The molecule has 0 N–H and O–H groups in total. The van der Waals surface area contributed by atoms with Crippen LogP contribution >= 0.6 is 0 Å². The SMILES string of the molecule is O=[N+]([O-])[O-].[Ag+].[Ag+].[C-]#N. The number of rotatable bonds is 0. The molecule has 0 radical (unpaired) electrons. The Kier molecular flexibility index (Phi) is 82.0. The first-order valence-corrected chi connectivity index (χ1v) is 0.771. The van der Waals surface area contributed by atoms with E-state index in [9.17, 15) is 0 Å². The molecule has 5 nitrogen and oxygen atoms in total. The van der Waals surface area contributed by atoms with Crippen LogP contribution in [0, 0.1) is 27.2 Å². The van der Waals surface area contributed by atoms with Crippen LogP contribution in [0.4, 0.5) is 0 Å². The van der Waals surface area contributed by atoms with E-state index >= 15 is 0 Å². The van der Waals surface area contributed by atoms with Crippen LogP contribution in [-0.2, 0) is 44.8 Å². The fourth-order valence-electron chi connectivity index (χ4n) is 0. The predicted molar refractivity (Wildman–Crippen MR) is 15.3 cm³/mol. The molecular weight excluding hydrogens is 304 g/mol. The molecule has 0 atom stereocenters. The summed E-state index contributed by atoms with van der Waals surface area (Å²) < 4.78 is 0. The summed E-state index contributed by atoms with van der Waals surface area (Å²) in [5.41, 5.74) is 0. The van der Waals surface area contributed by atoms with Crippen molar-refractivity contribution in [2.75, 3.05) is 0 Å². The number of nitrogens with zero attached hydrogens (tertiary/aromatic N) is 2. The Bertz CT molecular complexity index is 59.5. The molecule has 0 rings (SSSR count). The van der Waals surface area contributed by atoms with E-state index in [0.29, 0.717) is 0 Å². The molecule has 0 aromatic heterocycles. The average molecular weight is 304 g/mol. The zero-order valence-corrected chi connectivity index (χ0v) is 6.19. The zero-order chi connectivity index (χ0) is 5.58. The van der Waals surface area contributed by atoms with E-state index in [4.69, 9.17) is 27.2 Å². The second-order valence-electron chi connectivity index (χ2n) is 0.224. The maximum atomic E-state index is 8.25. The Morgan fingerprint density at radius 2 is 1.25 bits per heavy atom. The molecule has 0 aliphatic rings. The van der Waals surface area contributed by atoms with Crippen LogP contribution in [0.5, 0.6) is 0 Å². The van der Waals surface area contributed by atoms with Gasteiger partial charge in [0.25, 0.3) is 0 Å². The molecule has 8 heavy (non-hydrogen) atoms. The predicted octanol–water partition coefficient (Wildman–Crippen LogP) is -0.148. The quantitative estimate of drug-likeness (QED) is 0.269. The van der Waals surface area contributed by atoms with Gasteiger partial charge in [-0.05, 0) is 0 Å². The molecule has 0 unspecified atom stereocenters. The van der Waals surface area contributed by atoms with Crippen LogP contribution in [0.25, 0.3) is 0 Å². The van der Waals surface area contributed by atoms with Gasteiger partial charge in [-0.1, -0.05) is 0 Å². The van der Waals surface area contributed by atoms with Crippen LogP contribution in [-0.4, -0.2) is 5.09 Å². The van der Waals surface area contributed by atoms with Crippen LogP contribution in [0.15, 0.2) is 0 Å². The molecule has 0 fully saturated rings. The Labute approximate surface area is 76.8 Å². The monoisotopic (exact) mass is 302 g/mol. The molecule has 0 bridgehead atoms. The summed E-state index contributed by atoms with van der Waals surface area (Å²) >= 11 is 0. The first-order chi connectivity index (χ1) is 2.73. The van der Waals surface area contributed by atoms with Gasteiger partial charge in [0.1, 0.15) is 0 Å². The summed E-state index contributed by atoms with van der Waals surface area (Å²) in [4.78, 5) is 8.25. The van der Waals surface area contributed by atoms with Crippen molar-refractivity contribution >= 4 is 0 Å². The van der Waals surface area contributed by atoms with Gasteiger partial charge in [0.15, 0.2) is 0 Å². The minimum atomic E-state index is -1.75. The molecule has 0 saturated heterocycles. The maximum absolute atomic E-state index is 8.25. The van der Waals surface area contributed by atoms with Gasteiger partial charge in [0.05, 0.1) is 5.09 Å². The van der Waals surface area contributed by atoms with Crippen molar-refractivity contribution < 1.29 is 49.8 Å². The molecule has 0 heterocycles. The largest absolute Gasteiger partial charge is 1.00 e. The summed E-state index contributed by atoms with van der Waals surface area (Å²) in [6.45, 7) is 4.75. The molecule has 0 saturated carbocycles. The summed E-state index contributed by atoms with van der Waals surface area (Å²) in [5.74, 6) is 0. The second kappa shape index (κ2) is 27.2. The van der Waals surface area contributed by atoms with E-state index in [1.165, 1.54) is 0 Å². The van der Waals surface area contributed by atoms with Gasteiger partial charge in [-0.3, -0.25) is 0 Å². The molecule has 0 aromatic rings. The first kappa shape index (κ1) is 24.2. The van der Waals surface area contributed by atoms with Gasteiger partial charge in [-0.25, -0.2) is 0 Å². The van der Waals surface area contributed by atoms with Crippen molar-refractivity contribution in [1.82, 2.24) is 0 Å². The van der Waals surface area contributed by atoms with Gasteiger partial charge in [0.2, 0.25) is 0 Å². The third-order valence-corrected chi connectivity index (χ3v) is 0. The Balaban J connectivity index is -0.0000000183. The molecule has 0 amide bonds. The van der Waals surface area contributed by atoms with Gasteiger partial charge in [-0.2, -0.15) is 0 Å². The van der Waals surface area contributed by atoms with Crippen LogP contribution < -0.4 is 0 Å². The smallest absolute Gasteiger partial charge is 0.512 e. The first-order valence-electron chi connectivity index (χ1n) is 0.771. The minimum absolute atomic E-state index is 0. The zero-order valence-electron chi connectivity index (χ0n) is 3.22.